The zero-order chi connectivity index (χ0) is 15.0. The molecule has 1 fully saturated rings. The molecule has 116 valence electrons. The quantitative estimate of drug-likeness (QED) is 0.843. The number of phenolic OH excluding ortho intramolecular Hbond substituents is 1. The van der Waals surface area contributed by atoms with E-state index in [2.05, 4.69) is 31.7 Å². The highest BCUT2D eigenvalue weighted by Crippen LogP contribution is 2.49. The van der Waals surface area contributed by atoms with Gasteiger partial charge in [-0.3, -0.25) is 4.90 Å². The van der Waals surface area contributed by atoms with Crippen molar-refractivity contribution in [2.45, 2.75) is 64.3 Å². The van der Waals surface area contributed by atoms with Gasteiger partial charge < -0.3 is 5.11 Å². The molecule has 2 heteroatoms. The van der Waals surface area contributed by atoms with E-state index in [1.165, 1.54) is 49.9 Å². The van der Waals surface area contributed by atoms with Crippen molar-refractivity contribution in [3.05, 3.63) is 29.3 Å². The lowest BCUT2D eigenvalue weighted by Crippen LogP contribution is -2.58. The fraction of sp³-hybridized carbons (Fsp3) is 0.684. The third-order valence-corrected chi connectivity index (χ3v) is 6.16. The fourth-order valence-electron chi connectivity index (χ4n) is 4.54. The number of nitrogens with zero attached hydrogens (tertiary/aromatic N) is 1. The zero-order valence-electron chi connectivity index (χ0n) is 13.7. The molecule has 0 unspecified atom stereocenters. The van der Waals surface area contributed by atoms with Crippen LogP contribution in [0.4, 0.5) is 0 Å². The minimum Gasteiger partial charge on any atom is -0.508 e. The SMILES string of the molecule is CCCCCN1CC[C@@]2(C)c3cc(O)ccc3C[C@@H]1[C@H]2C. The number of likely N-dealkylation sites (tertiary alicyclic amines) is 1. The number of piperidine rings is 1. The van der Waals surface area contributed by atoms with Crippen LogP contribution in [0.1, 0.15) is 57.6 Å². The molecule has 1 N–H and O–H groups in total. The normalized spacial score (nSPS) is 32.0. The van der Waals surface area contributed by atoms with E-state index in [-0.39, 0.29) is 5.41 Å². The maximum Gasteiger partial charge on any atom is 0.115 e. The number of fused-ring (bicyclic) bond motifs is 4. The summed E-state index contributed by atoms with van der Waals surface area (Å²) in [4.78, 5) is 2.73. The molecule has 21 heavy (non-hydrogen) atoms. The molecule has 3 rings (SSSR count). The molecule has 1 aliphatic heterocycles. The van der Waals surface area contributed by atoms with Gasteiger partial charge in [0.15, 0.2) is 0 Å². The van der Waals surface area contributed by atoms with Crippen molar-refractivity contribution in [2.75, 3.05) is 13.1 Å². The van der Waals surface area contributed by atoms with Gasteiger partial charge in [0.1, 0.15) is 5.75 Å². The predicted octanol–water partition coefficient (Wildman–Crippen LogP) is 4.11. The number of unbranched alkanes of at least 4 members (excludes halogenated alkanes) is 2. The third-order valence-electron chi connectivity index (χ3n) is 6.16. The standard InChI is InChI=1S/C19H29NO/c1-4-5-6-10-20-11-9-19(3)14(2)18(20)12-15-7-8-16(21)13-17(15)19/h7-8,13-14,18,21H,4-6,9-12H2,1-3H3/t14-,18-,19-/m1/s1. The summed E-state index contributed by atoms with van der Waals surface area (Å²) in [6, 6.07) is 6.71. The second-order valence-electron chi connectivity index (χ2n) is 7.31. The zero-order valence-corrected chi connectivity index (χ0v) is 13.7. The molecule has 0 radical (unpaired) electrons. The van der Waals surface area contributed by atoms with E-state index >= 15 is 0 Å². The average Bonchev–Trinajstić information content (AvgIpc) is 2.46. The molecule has 1 saturated heterocycles. The van der Waals surface area contributed by atoms with Crippen LogP contribution in [-0.4, -0.2) is 29.1 Å². The monoisotopic (exact) mass is 287 g/mol. The van der Waals surface area contributed by atoms with Crippen molar-refractivity contribution in [1.29, 1.82) is 0 Å². The van der Waals surface area contributed by atoms with Crippen LogP contribution in [0.15, 0.2) is 18.2 Å². The Hall–Kier alpha value is -1.02. The molecule has 0 aromatic heterocycles. The van der Waals surface area contributed by atoms with E-state index in [0.29, 0.717) is 17.7 Å². The summed E-state index contributed by atoms with van der Waals surface area (Å²) in [7, 11) is 0. The van der Waals surface area contributed by atoms with Gasteiger partial charge in [-0.2, -0.15) is 0 Å². The second-order valence-corrected chi connectivity index (χ2v) is 7.31. The van der Waals surface area contributed by atoms with Gasteiger partial charge in [-0.05, 0) is 66.9 Å². The van der Waals surface area contributed by atoms with Gasteiger partial charge in [0.05, 0.1) is 0 Å². The summed E-state index contributed by atoms with van der Waals surface area (Å²) < 4.78 is 0. The molecule has 1 aromatic carbocycles. The second kappa shape index (κ2) is 5.64. The molecule has 0 spiro atoms. The molecule has 2 bridgehead atoms. The Kier molecular flexibility index (Phi) is 4.00. The highest BCUT2D eigenvalue weighted by atomic mass is 16.3. The molecular formula is C19H29NO. The van der Waals surface area contributed by atoms with Crippen LogP contribution in [0.2, 0.25) is 0 Å². The van der Waals surface area contributed by atoms with Gasteiger partial charge in [0.2, 0.25) is 0 Å². The van der Waals surface area contributed by atoms with Gasteiger partial charge >= 0.3 is 0 Å². The van der Waals surface area contributed by atoms with Crippen LogP contribution in [0.3, 0.4) is 0 Å². The first-order valence-corrected chi connectivity index (χ1v) is 8.62. The summed E-state index contributed by atoms with van der Waals surface area (Å²) >= 11 is 0. The summed E-state index contributed by atoms with van der Waals surface area (Å²) in [5.41, 5.74) is 3.09. The molecule has 2 aliphatic rings. The molecule has 2 nitrogen and oxygen atoms in total. The largest absolute Gasteiger partial charge is 0.508 e. The number of aromatic hydroxyl groups is 1. The first-order chi connectivity index (χ1) is 10.1. The summed E-state index contributed by atoms with van der Waals surface area (Å²) in [5.74, 6) is 1.09. The summed E-state index contributed by atoms with van der Waals surface area (Å²) in [6.45, 7) is 9.57. The minimum atomic E-state index is 0.234. The Morgan fingerprint density at radius 2 is 2.14 bits per heavy atom. The Morgan fingerprint density at radius 1 is 1.33 bits per heavy atom. The Labute approximate surface area is 129 Å². The highest BCUT2D eigenvalue weighted by molar-refractivity contribution is 5.44. The van der Waals surface area contributed by atoms with E-state index in [9.17, 15) is 5.11 Å². The Morgan fingerprint density at radius 3 is 2.90 bits per heavy atom. The lowest BCUT2D eigenvalue weighted by molar-refractivity contribution is 0.0303. The first-order valence-electron chi connectivity index (χ1n) is 8.62. The van der Waals surface area contributed by atoms with Crippen LogP contribution in [0, 0.1) is 5.92 Å². The van der Waals surface area contributed by atoms with E-state index < -0.39 is 0 Å². The lowest BCUT2D eigenvalue weighted by Gasteiger charge is -2.54. The van der Waals surface area contributed by atoms with Crippen LogP contribution in [0.5, 0.6) is 5.75 Å². The van der Waals surface area contributed by atoms with Crippen molar-refractivity contribution in [2.24, 2.45) is 5.92 Å². The lowest BCUT2D eigenvalue weighted by atomic mass is 9.59. The van der Waals surface area contributed by atoms with Crippen LogP contribution >= 0.6 is 0 Å². The van der Waals surface area contributed by atoms with E-state index in [1.54, 1.807) is 0 Å². The van der Waals surface area contributed by atoms with Gasteiger partial charge in [-0.1, -0.05) is 39.7 Å². The molecule has 1 aromatic rings. The van der Waals surface area contributed by atoms with E-state index in [4.69, 9.17) is 0 Å². The van der Waals surface area contributed by atoms with Gasteiger partial charge in [-0.25, -0.2) is 0 Å². The van der Waals surface area contributed by atoms with Crippen LogP contribution in [0.25, 0.3) is 0 Å². The van der Waals surface area contributed by atoms with Crippen molar-refractivity contribution in [1.82, 2.24) is 4.90 Å². The first kappa shape index (κ1) is 14.9. The number of hydrogen-bond acceptors (Lipinski definition) is 2. The maximum absolute atomic E-state index is 9.87. The Bertz CT molecular complexity index is 512. The number of benzene rings is 1. The van der Waals surface area contributed by atoms with Crippen LogP contribution in [-0.2, 0) is 11.8 Å². The highest BCUT2D eigenvalue weighted by Gasteiger charge is 2.48. The van der Waals surface area contributed by atoms with Crippen molar-refractivity contribution in [3.8, 4) is 5.75 Å². The maximum atomic E-state index is 9.87. The smallest absolute Gasteiger partial charge is 0.115 e. The van der Waals surface area contributed by atoms with E-state index in [0.717, 1.165) is 6.42 Å². The number of hydrogen-bond donors (Lipinski definition) is 1. The topological polar surface area (TPSA) is 23.5 Å². The van der Waals surface area contributed by atoms with Gasteiger partial charge in [-0.15, -0.1) is 0 Å². The molecule has 1 heterocycles. The van der Waals surface area contributed by atoms with Crippen LogP contribution < -0.4 is 0 Å². The molecule has 0 saturated carbocycles. The third kappa shape index (κ3) is 2.48. The van der Waals surface area contributed by atoms with E-state index in [1.807, 2.05) is 12.1 Å². The van der Waals surface area contributed by atoms with Crippen molar-refractivity contribution in [3.63, 3.8) is 0 Å². The predicted molar refractivity (Wildman–Crippen MR) is 87.8 cm³/mol. The summed E-state index contributed by atoms with van der Waals surface area (Å²) in [5, 5.41) is 9.87. The number of rotatable bonds is 4. The molecule has 1 aliphatic carbocycles. The number of phenols is 1. The Balaban J connectivity index is 1.87. The van der Waals surface area contributed by atoms with Crippen molar-refractivity contribution < 1.29 is 5.11 Å². The van der Waals surface area contributed by atoms with Gasteiger partial charge in [0, 0.05) is 6.04 Å². The molecular weight excluding hydrogens is 258 g/mol. The average molecular weight is 287 g/mol. The summed E-state index contributed by atoms with van der Waals surface area (Å²) in [6.07, 6.45) is 6.35. The van der Waals surface area contributed by atoms with Gasteiger partial charge in [0.25, 0.3) is 0 Å². The minimum absolute atomic E-state index is 0.234. The molecule has 0 amide bonds. The fourth-order valence-corrected chi connectivity index (χ4v) is 4.54. The van der Waals surface area contributed by atoms with Crippen molar-refractivity contribution >= 4 is 0 Å². The molecule has 3 atom stereocenters.